The van der Waals surface area contributed by atoms with Crippen molar-refractivity contribution < 1.29 is 0 Å². The highest BCUT2D eigenvalue weighted by atomic mass is 15.3. The van der Waals surface area contributed by atoms with E-state index in [9.17, 15) is 0 Å². The Labute approximate surface area is 82.6 Å². The summed E-state index contributed by atoms with van der Waals surface area (Å²) in [5.41, 5.74) is 0.984. The molecule has 0 atom stereocenters. The summed E-state index contributed by atoms with van der Waals surface area (Å²) in [5.74, 6) is 1.15. The molecule has 0 aliphatic heterocycles. The van der Waals surface area contributed by atoms with Crippen LogP contribution in [0, 0.1) is 0 Å². The Balaban J connectivity index is 2.41. The Bertz CT molecular complexity index is 406. The molecule has 4 heteroatoms. The summed E-state index contributed by atoms with van der Waals surface area (Å²) in [5, 5.41) is 4.10. The molecule has 0 aliphatic carbocycles. The molecule has 0 aromatic carbocycles. The average Bonchev–Trinajstić information content (AvgIpc) is 2.71. The van der Waals surface area contributed by atoms with Gasteiger partial charge in [0.15, 0.2) is 5.82 Å². The first kappa shape index (κ1) is 8.87. The average molecular weight is 188 g/mol. The van der Waals surface area contributed by atoms with E-state index in [4.69, 9.17) is 0 Å². The van der Waals surface area contributed by atoms with Crippen molar-refractivity contribution >= 4 is 0 Å². The van der Waals surface area contributed by atoms with Crippen LogP contribution in [-0.4, -0.2) is 19.7 Å². The maximum absolute atomic E-state index is 4.45. The van der Waals surface area contributed by atoms with Gasteiger partial charge in [0, 0.05) is 18.6 Å². The molecule has 0 amide bonds. The molecular weight excluding hydrogens is 176 g/mol. The lowest BCUT2D eigenvalue weighted by Crippen LogP contribution is -2.02. The van der Waals surface area contributed by atoms with E-state index in [1.165, 1.54) is 0 Å². The van der Waals surface area contributed by atoms with E-state index in [2.05, 4.69) is 28.9 Å². The standard InChI is InChI=1S/C10H12N4/c1-8(2)9-6-11-7-10(13-9)14-5-3-4-12-14/h3-8H,1-2H3. The third kappa shape index (κ3) is 1.64. The van der Waals surface area contributed by atoms with Crippen LogP contribution in [0.25, 0.3) is 5.82 Å². The van der Waals surface area contributed by atoms with Crippen molar-refractivity contribution in [1.29, 1.82) is 0 Å². The van der Waals surface area contributed by atoms with Gasteiger partial charge in [-0.2, -0.15) is 5.10 Å². The zero-order chi connectivity index (χ0) is 9.97. The Morgan fingerprint density at radius 1 is 1.29 bits per heavy atom. The van der Waals surface area contributed by atoms with E-state index in [0.717, 1.165) is 11.5 Å². The van der Waals surface area contributed by atoms with Gasteiger partial charge >= 0.3 is 0 Å². The highest BCUT2D eigenvalue weighted by Crippen LogP contribution is 2.11. The summed E-state index contributed by atoms with van der Waals surface area (Å²) in [7, 11) is 0. The molecule has 72 valence electrons. The molecule has 14 heavy (non-hydrogen) atoms. The molecule has 4 nitrogen and oxygen atoms in total. The smallest absolute Gasteiger partial charge is 0.172 e. The zero-order valence-corrected chi connectivity index (χ0v) is 8.25. The molecule has 0 saturated carbocycles. The van der Waals surface area contributed by atoms with Crippen molar-refractivity contribution in [3.8, 4) is 5.82 Å². The summed E-state index contributed by atoms with van der Waals surface area (Å²) < 4.78 is 1.71. The van der Waals surface area contributed by atoms with E-state index in [0.29, 0.717) is 5.92 Å². The van der Waals surface area contributed by atoms with Gasteiger partial charge in [0.25, 0.3) is 0 Å². The largest absolute Gasteiger partial charge is 0.259 e. The van der Waals surface area contributed by atoms with Crippen LogP contribution in [0.2, 0.25) is 0 Å². The Morgan fingerprint density at radius 2 is 2.14 bits per heavy atom. The number of rotatable bonds is 2. The molecule has 2 heterocycles. The van der Waals surface area contributed by atoms with Gasteiger partial charge in [0.1, 0.15) is 0 Å². The lowest BCUT2D eigenvalue weighted by atomic mass is 10.1. The van der Waals surface area contributed by atoms with Crippen molar-refractivity contribution in [3.63, 3.8) is 0 Å². The molecule has 0 N–H and O–H groups in total. The van der Waals surface area contributed by atoms with E-state index >= 15 is 0 Å². The third-order valence-corrected chi connectivity index (χ3v) is 1.97. The molecule has 0 radical (unpaired) electrons. The quantitative estimate of drug-likeness (QED) is 0.721. The minimum Gasteiger partial charge on any atom is -0.259 e. The summed E-state index contributed by atoms with van der Waals surface area (Å²) in [6.45, 7) is 4.19. The molecule has 2 rings (SSSR count). The second kappa shape index (κ2) is 3.57. The van der Waals surface area contributed by atoms with Crippen LogP contribution in [0.1, 0.15) is 25.5 Å². The first-order valence-corrected chi connectivity index (χ1v) is 4.59. The number of nitrogens with zero attached hydrogens (tertiary/aromatic N) is 4. The van der Waals surface area contributed by atoms with Crippen molar-refractivity contribution in [3.05, 3.63) is 36.5 Å². The molecule has 0 aliphatic rings. The summed E-state index contributed by atoms with van der Waals surface area (Å²) in [6.07, 6.45) is 7.08. The van der Waals surface area contributed by atoms with Crippen LogP contribution >= 0.6 is 0 Å². The van der Waals surface area contributed by atoms with Gasteiger partial charge in [-0.25, -0.2) is 9.67 Å². The van der Waals surface area contributed by atoms with E-state index in [1.54, 1.807) is 23.3 Å². The lowest BCUT2D eigenvalue weighted by molar-refractivity contribution is 0.770. The SMILES string of the molecule is CC(C)c1cncc(-n2cccn2)n1. The Hall–Kier alpha value is -1.71. The van der Waals surface area contributed by atoms with Crippen molar-refractivity contribution in [2.24, 2.45) is 0 Å². The van der Waals surface area contributed by atoms with Crippen molar-refractivity contribution in [1.82, 2.24) is 19.7 Å². The second-order valence-electron chi connectivity index (χ2n) is 3.41. The van der Waals surface area contributed by atoms with Crippen molar-refractivity contribution in [2.45, 2.75) is 19.8 Å². The predicted octanol–water partition coefficient (Wildman–Crippen LogP) is 1.79. The van der Waals surface area contributed by atoms with Crippen LogP contribution in [0.4, 0.5) is 0 Å². The zero-order valence-electron chi connectivity index (χ0n) is 8.25. The van der Waals surface area contributed by atoms with Crippen LogP contribution in [0.15, 0.2) is 30.9 Å². The first-order valence-electron chi connectivity index (χ1n) is 4.59. The van der Waals surface area contributed by atoms with Gasteiger partial charge in [-0.1, -0.05) is 13.8 Å². The predicted molar refractivity (Wildman–Crippen MR) is 53.2 cm³/mol. The minimum absolute atomic E-state index is 0.387. The molecule has 0 unspecified atom stereocenters. The highest BCUT2D eigenvalue weighted by molar-refractivity contribution is 5.19. The van der Waals surface area contributed by atoms with E-state index in [1.807, 2.05) is 12.3 Å². The lowest BCUT2D eigenvalue weighted by Gasteiger charge is -2.05. The van der Waals surface area contributed by atoms with Gasteiger partial charge in [0.2, 0.25) is 0 Å². The summed E-state index contributed by atoms with van der Waals surface area (Å²) >= 11 is 0. The molecule has 0 bridgehead atoms. The minimum atomic E-state index is 0.387. The molecular formula is C10H12N4. The van der Waals surface area contributed by atoms with E-state index in [-0.39, 0.29) is 0 Å². The van der Waals surface area contributed by atoms with Gasteiger partial charge in [-0.05, 0) is 12.0 Å². The summed E-state index contributed by atoms with van der Waals surface area (Å²) in [4.78, 5) is 8.59. The Morgan fingerprint density at radius 3 is 2.79 bits per heavy atom. The van der Waals surface area contributed by atoms with Gasteiger partial charge < -0.3 is 0 Å². The van der Waals surface area contributed by atoms with Gasteiger partial charge in [0.05, 0.1) is 11.9 Å². The Kier molecular flexibility index (Phi) is 2.26. The van der Waals surface area contributed by atoms with E-state index < -0.39 is 0 Å². The van der Waals surface area contributed by atoms with Gasteiger partial charge in [-0.3, -0.25) is 4.98 Å². The highest BCUT2D eigenvalue weighted by Gasteiger charge is 2.03. The topological polar surface area (TPSA) is 43.6 Å². The van der Waals surface area contributed by atoms with Gasteiger partial charge in [-0.15, -0.1) is 0 Å². The first-order chi connectivity index (χ1) is 6.77. The monoisotopic (exact) mass is 188 g/mol. The normalized spacial score (nSPS) is 10.8. The third-order valence-electron chi connectivity index (χ3n) is 1.97. The molecule has 0 spiro atoms. The number of hydrogen-bond donors (Lipinski definition) is 0. The van der Waals surface area contributed by atoms with Crippen LogP contribution in [0.3, 0.4) is 0 Å². The van der Waals surface area contributed by atoms with Crippen LogP contribution in [-0.2, 0) is 0 Å². The van der Waals surface area contributed by atoms with Crippen molar-refractivity contribution in [2.75, 3.05) is 0 Å². The second-order valence-corrected chi connectivity index (χ2v) is 3.41. The van der Waals surface area contributed by atoms with Crippen LogP contribution < -0.4 is 0 Å². The fourth-order valence-corrected chi connectivity index (χ4v) is 1.16. The fraction of sp³-hybridized carbons (Fsp3) is 0.300. The maximum atomic E-state index is 4.45. The maximum Gasteiger partial charge on any atom is 0.172 e. The van der Waals surface area contributed by atoms with Crippen LogP contribution in [0.5, 0.6) is 0 Å². The number of aromatic nitrogens is 4. The summed E-state index contributed by atoms with van der Waals surface area (Å²) in [6, 6.07) is 1.86. The fourth-order valence-electron chi connectivity index (χ4n) is 1.16. The molecule has 0 fully saturated rings. The molecule has 0 saturated heterocycles. The number of hydrogen-bond acceptors (Lipinski definition) is 3. The molecule has 2 aromatic heterocycles. The molecule has 2 aromatic rings.